The van der Waals surface area contributed by atoms with Crippen LogP contribution in [0.3, 0.4) is 0 Å². The number of carbonyl (C=O) groups is 2. The molecule has 1 aromatic rings. The fraction of sp³-hybridized carbons (Fsp3) is 0.412. The second-order valence-corrected chi connectivity index (χ2v) is 5.46. The van der Waals surface area contributed by atoms with Gasteiger partial charge in [-0.15, -0.1) is 12.3 Å². The average Bonchev–Trinajstić information content (AvgIpc) is 3.32. The molecule has 0 aromatic heterocycles. The summed E-state index contributed by atoms with van der Waals surface area (Å²) in [4.78, 5) is 25.5. The van der Waals surface area contributed by atoms with E-state index in [0.717, 1.165) is 5.56 Å². The number of ether oxygens (including phenoxy) is 2. The van der Waals surface area contributed by atoms with Crippen LogP contribution in [0.5, 0.6) is 5.75 Å². The molecule has 1 aliphatic heterocycles. The highest BCUT2D eigenvalue weighted by atomic mass is 19.3. The van der Waals surface area contributed by atoms with Gasteiger partial charge >= 0.3 is 12.6 Å². The maximum Gasteiger partial charge on any atom is 0.387 e. The summed E-state index contributed by atoms with van der Waals surface area (Å²) in [6, 6.07) is 5.00. The quantitative estimate of drug-likeness (QED) is 0.432. The first-order valence-electron chi connectivity index (χ1n) is 7.54. The largest absolute Gasteiger partial charge is 0.467 e. The van der Waals surface area contributed by atoms with Crippen molar-refractivity contribution in [2.24, 2.45) is 0 Å². The van der Waals surface area contributed by atoms with Gasteiger partial charge in [0.15, 0.2) is 0 Å². The number of rotatable bonds is 8. The van der Waals surface area contributed by atoms with Gasteiger partial charge in [0.2, 0.25) is 5.91 Å². The Morgan fingerprint density at radius 3 is 2.88 bits per heavy atom. The number of carbonyl (C=O) groups excluding carboxylic acids is 2. The summed E-state index contributed by atoms with van der Waals surface area (Å²) in [7, 11) is 1.22. The number of nitrogens with zero attached hydrogens (tertiary/aromatic N) is 1. The Labute approximate surface area is 144 Å². The average molecular weight is 352 g/mol. The molecular weight excluding hydrogens is 334 g/mol. The Bertz CT molecular complexity index is 675. The highest BCUT2D eigenvalue weighted by Crippen LogP contribution is 2.24. The van der Waals surface area contributed by atoms with Crippen molar-refractivity contribution in [3.63, 3.8) is 0 Å². The third-order valence-corrected chi connectivity index (χ3v) is 3.65. The number of terminal acetylenes is 1. The van der Waals surface area contributed by atoms with Gasteiger partial charge in [-0.2, -0.15) is 8.78 Å². The second kappa shape index (κ2) is 8.44. The summed E-state index contributed by atoms with van der Waals surface area (Å²) < 4.78 is 33.4. The van der Waals surface area contributed by atoms with E-state index in [0.29, 0.717) is 13.1 Å². The predicted molar refractivity (Wildman–Crippen MR) is 84.7 cm³/mol. The molecule has 1 fully saturated rings. The first-order chi connectivity index (χ1) is 11.9. The lowest BCUT2D eigenvalue weighted by molar-refractivity contribution is -0.144. The van der Waals surface area contributed by atoms with Gasteiger partial charge in [0.05, 0.1) is 7.11 Å². The zero-order chi connectivity index (χ0) is 18.4. The standard InChI is InChI=1S/C17H18F2N2O4/c1-3-5-13(16(23)24-2)20-15(22)14-10-21(14)9-11-6-4-7-12(8-11)25-17(18)19/h1,4,6-8,13-14,17H,5,9-10H2,2H3,(H,20,22). The summed E-state index contributed by atoms with van der Waals surface area (Å²) in [6.07, 6.45) is 5.22. The number of nitrogens with one attached hydrogen (secondary N) is 1. The molecule has 6 nitrogen and oxygen atoms in total. The zero-order valence-electron chi connectivity index (χ0n) is 13.6. The van der Waals surface area contributed by atoms with Crippen LogP contribution in [0.2, 0.25) is 0 Å². The molecular formula is C17H18F2N2O4. The van der Waals surface area contributed by atoms with Gasteiger partial charge in [-0.1, -0.05) is 12.1 Å². The van der Waals surface area contributed by atoms with Crippen molar-refractivity contribution < 1.29 is 27.8 Å². The minimum atomic E-state index is -2.89. The first-order valence-corrected chi connectivity index (χ1v) is 7.54. The molecule has 3 unspecified atom stereocenters. The molecule has 0 radical (unpaired) electrons. The fourth-order valence-corrected chi connectivity index (χ4v) is 2.37. The molecule has 25 heavy (non-hydrogen) atoms. The summed E-state index contributed by atoms with van der Waals surface area (Å²) in [5.41, 5.74) is 0.738. The van der Waals surface area contributed by atoms with Gasteiger partial charge in [0.1, 0.15) is 17.8 Å². The van der Waals surface area contributed by atoms with Crippen LogP contribution in [-0.2, 0) is 20.9 Å². The third-order valence-electron chi connectivity index (χ3n) is 3.65. The lowest BCUT2D eigenvalue weighted by atomic mass is 10.2. The number of halogens is 2. The van der Waals surface area contributed by atoms with Crippen LogP contribution < -0.4 is 10.1 Å². The Morgan fingerprint density at radius 2 is 2.24 bits per heavy atom. The smallest absolute Gasteiger partial charge is 0.387 e. The Kier molecular flexibility index (Phi) is 6.31. The van der Waals surface area contributed by atoms with Crippen molar-refractivity contribution >= 4 is 11.9 Å². The number of hydrogen-bond acceptors (Lipinski definition) is 5. The van der Waals surface area contributed by atoms with Crippen LogP contribution in [0, 0.1) is 12.3 Å². The van der Waals surface area contributed by atoms with E-state index in [1.807, 2.05) is 4.90 Å². The third kappa shape index (κ3) is 5.43. The summed E-state index contributed by atoms with van der Waals surface area (Å²) in [5.74, 6) is 1.45. The molecule has 0 spiro atoms. The van der Waals surface area contributed by atoms with Crippen LogP contribution in [0.15, 0.2) is 24.3 Å². The van der Waals surface area contributed by atoms with Crippen molar-refractivity contribution in [3.05, 3.63) is 29.8 Å². The second-order valence-electron chi connectivity index (χ2n) is 5.46. The van der Waals surface area contributed by atoms with Gasteiger partial charge < -0.3 is 14.8 Å². The number of methoxy groups -OCH3 is 1. The van der Waals surface area contributed by atoms with E-state index in [4.69, 9.17) is 6.42 Å². The maximum absolute atomic E-state index is 12.2. The van der Waals surface area contributed by atoms with Crippen molar-refractivity contribution in [1.29, 1.82) is 0 Å². The minimum Gasteiger partial charge on any atom is -0.467 e. The maximum atomic E-state index is 12.2. The van der Waals surface area contributed by atoms with E-state index in [1.54, 1.807) is 12.1 Å². The van der Waals surface area contributed by atoms with Gasteiger partial charge in [0.25, 0.3) is 0 Å². The molecule has 134 valence electrons. The van der Waals surface area contributed by atoms with Crippen molar-refractivity contribution in [1.82, 2.24) is 10.2 Å². The van der Waals surface area contributed by atoms with Crippen molar-refractivity contribution in [3.8, 4) is 18.1 Å². The number of esters is 1. The Hall–Kier alpha value is -2.66. The topological polar surface area (TPSA) is 67.6 Å². The SMILES string of the molecule is C#CCC(NC(=O)C1CN1Cc1cccc(OC(F)F)c1)C(=O)OC. The summed E-state index contributed by atoms with van der Waals surface area (Å²) >= 11 is 0. The fourth-order valence-electron chi connectivity index (χ4n) is 2.37. The van der Waals surface area contributed by atoms with E-state index >= 15 is 0 Å². The number of hydrogen-bond donors (Lipinski definition) is 1. The molecule has 8 heteroatoms. The summed E-state index contributed by atoms with van der Waals surface area (Å²) in [6.45, 7) is -1.99. The Morgan fingerprint density at radius 1 is 1.48 bits per heavy atom. The zero-order valence-corrected chi connectivity index (χ0v) is 13.6. The molecule has 3 atom stereocenters. The lowest BCUT2D eigenvalue weighted by Gasteiger charge is -2.14. The van der Waals surface area contributed by atoms with Gasteiger partial charge in [-0.25, -0.2) is 4.79 Å². The molecule has 1 aliphatic rings. The number of alkyl halides is 2. The molecule has 1 heterocycles. The van der Waals surface area contributed by atoms with Gasteiger partial charge in [-0.3, -0.25) is 9.69 Å². The van der Waals surface area contributed by atoms with E-state index in [9.17, 15) is 18.4 Å². The Balaban J connectivity index is 1.88. The van der Waals surface area contributed by atoms with Gasteiger partial charge in [0, 0.05) is 19.5 Å². The van der Waals surface area contributed by atoms with Gasteiger partial charge in [-0.05, 0) is 17.7 Å². The monoisotopic (exact) mass is 352 g/mol. The van der Waals surface area contributed by atoms with E-state index in [2.05, 4.69) is 20.7 Å². The highest BCUT2D eigenvalue weighted by molar-refractivity contribution is 5.89. The summed E-state index contributed by atoms with van der Waals surface area (Å²) in [5, 5.41) is 2.56. The molecule has 1 N–H and O–H groups in total. The van der Waals surface area contributed by atoms with Crippen LogP contribution in [0.25, 0.3) is 0 Å². The van der Waals surface area contributed by atoms with Crippen LogP contribution in [0.1, 0.15) is 12.0 Å². The van der Waals surface area contributed by atoms with E-state index in [1.165, 1.54) is 19.2 Å². The normalized spacial score (nSPS) is 19.6. The van der Waals surface area contributed by atoms with E-state index in [-0.39, 0.29) is 18.1 Å². The minimum absolute atomic E-state index is 0.0398. The van der Waals surface area contributed by atoms with Crippen LogP contribution in [-0.4, -0.2) is 49.1 Å². The molecule has 1 amide bonds. The lowest BCUT2D eigenvalue weighted by Crippen LogP contribution is -2.43. The van der Waals surface area contributed by atoms with Crippen LogP contribution in [0.4, 0.5) is 8.78 Å². The number of benzene rings is 1. The predicted octanol–water partition coefficient (Wildman–Crippen LogP) is 1.15. The highest BCUT2D eigenvalue weighted by Gasteiger charge is 2.41. The number of amides is 1. The first kappa shape index (κ1) is 18.7. The molecule has 1 aromatic carbocycles. The van der Waals surface area contributed by atoms with Crippen molar-refractivity contribution in [2.75, 3.05) is 13.7 Å². The van der Waals surface area contributed by atoms with Crippen LogP contribution >= 0.6 is 0 Å². The molecule has 2 rings (SSSR count). The molecule has 0 saturated carbocycles. The molecule has 0 aliphatic carbocycles. The molecule has 1 saturated heterocycles. The van der Waals surface area contributed by atoms with E-state index < -0.39 is 24.7 Å². The van der Waals surface area contributed by atoms with Crippen molar-refractivity contribution in [2.45, 2.75) is 31.7 Å². The molecule has 0 bridgehead atoms.